The van der Waals surface area contributed by atoms with Crippen LogP contribution in [0.3, 0.4) is 0 Å². The molecule has 19 heavy (non-hydrogen) atoms. The quantitative estimate of drug-likeness (QED) is 0.887. The van der Waals surface area contributed by atoms with Crippen molar-refractivity contribution in [3.05, 3.63) is 59.5 Å². The van der Waals surface area contributed by atoms with E-state index in [9.17, 15) is 4.79 Å². The van der Waals surface area contributed by atoms with Gasteiger partial charge in [-0.05, 0) is 36.1 Å². The van der Waals surface area contributed by atoms with E-state index in [2.05, 4.69) is 19.2 Å². The molecule has 1 aromatic heterocycles. The number of furan rings is 1. The number of benzene rings is 1. The van der Waals surface area contributed by atoms with Crippen LogP contribution >= 0.6 is 0 Å². The fourth-order valence-electron chi connectivity index (χ4n) is 2.03. The molecule has 3 heteroatoms. The minimum absolute atomic E-state index is 0.0488. The van der Waals surface area contributed by atoms with Crippen molar-refractivity contribution in [3.8, 4) is 0 Å². The predicted molar refractivity (Wildman–Crippen MR) is 75.0 cm³/mol. The molecule has 2 rings (SSSR count). The van der Waals surface area contributed by atoms with Gasteiger partial charge in [-0.25, -0.2) is 0 Å². The number of nitrogens with one attached hydrogen (secondary N) is 1. The maximum atomic E-state index is 12.2. The fraction of sp³-hybridized carbons (Fsp3) is 0.312. The van der Waals surface area contributed by atoms with Gasteiger partial charge < -0.3 is 9.73 Å². The fourth-order valence-corrected chi connectivity index (χ4v) is 2.03. The first-order valence-electron chi connectivity index (χ1n) is 6.62. The highest BCUT2D eigenvalue weighted by Crippen LogP contribution is 2.22. The third kappa shape index (κ3) is 3.25. The second kappa shape index (κ2) is 6.23. The first-order chi connectivity index (χ1) is 9.22. The molecule has 100 valence electrons. The molecular formula is C16H19NO2. The van der Waals surface area contributed by atoms with Gasteiger partial charge in [-0.1, -0.05) is 32.0 Å². The van der Waals surface area contributed by atoms with Gasteiger partial charge in [-0.2, -0.15) is 0 Å². The summed E-state index contributed by atoms with van der Waals surface area (Å²) in [7, 11) is 0. The third-order valence-electron chi connectivity index (χ3n) is 3.35. The molecule has 3 nitrogen and oxygen atoms in total. The van der Waals surface area contributed by atoms with Crippen molar-refractivity contribution in [2.45, 2.75) is 32.7 Å². The molecule has 1 atom stereocenters. The molecule has 0 aliphatic heterocycles. The van der Waals surface area contributed by atoms with E-state index in [-0.39, 0.29) is 5.91 Å². The highest BCUT2D eigenvalue weighted by Gasteiger charge is 2.14. The number of rotatable bonds is 5. The van der Waals surface area contributed by atoms with Crippen molar-refractivity contribution in [1.82, 2.24) is 5.32 Å². The van der Waals surface area contributed by atoms with Crippen LogP contribution < -0.4 is 5.32 Å². The maximum absolute atomic E-state index is 12.2. The van der Waals surface area contributed by atoms with Crippen molar-refractivity contribution in [3.63, 3.8) is 0 Å². The standard InChI is InChI=1S/C16H19NO2/c1-3-12(2)14-8-4-5-9-15(14)16(18)17-11-13-7-6-10-19-13/h4-10,12H,3,11H2,1-2H3,(H,17,18)/t12-/m0/s1. The number of hydrogen-bond donors (Lipinski definition) is 1. The zero-order valence-corrected chi connectivity index (χ0v) is 11.3. The summed E-state index contributed by atoms with van der Waals surface area (Å²) in [6, 6.07) is 11.4. The van der Waals surface area contributed by atoms with Crippen molar-refractivity contribution in [1.29, 1.82) is 0 Å². The summed E-state index contributed by atoms with van der Waals surface area (Å²) in [6.45, 7) is 4.68. The van der Waals surface area contributed by atoms with Crippen LogP contribution in [0.4, 0.5) is 0 Å². The molecule has 2 aromatic rings. The van der Waals surface area contributed by atoms with E-state index in [0.717, 1.165) is 23.3 Å². The van der Waals surface area contributed by atoms with Crippen LogP contribution in [0.25, 0.3) is 0 Å². The molecule has 0 aliphatic rings. The summed E-state index contributed by atoms with van der Waals surface area (Å²) >= 11 is 0. The Morgan fingerprint density at radius 3 is 2.74 bits per heavy atom. The summed E-state index contributed by atoms with van der Waals surface area (Å²) < 4.78 is 5.20. The Morgan fingerprint density at radius 1 is 1.26 bits per heavy atom. The molecule has 1 N–H and O–H groups in total. The SMILES string of the molecule is CC[C@H](C)c1ccccc1C(=O)NCc1ccco1. The van der Waals surface area contributed by atoms with E-state index in [4.69, 9.17) is 4.42 Å². The van der Waals surface area contributed by atoms with Gasteiger partial charge in [-0.15, -0.1) is 0 Å². The minimum Gasteiger partial charge on any atom is -0.467 e. The van der Waals surface area contributed by atoms with Gasteiger partial charge in [0.15, 0.2) is 0 Å². The van der Waals surface area contributed by atoms with E-state index >= 15 is 0 Å². The first-order valence-corrected chi connectivity index (χ1v) is 6.62. The molecule has 0 bridgehead atoms. The van der Waals surface area contributed by atoms with Gasteiger partial charge in [-0.3, -0.25) is 4.79 Å². The van der Waals surface area contributed by atoms with E-state index < -0.39 is 0 Å². The van der Waals surface area contributed by atoms with Crippen molar-refractivity contribution in [2.24, 2.45) is 0 Å². The molecule has 0 spiro atoms. The average Bonchev–Trinajstić information content (AvgIpc) is 2.97. The normalized spacial score (nSPS) is 12.1. The Labute approximate surface area is 113 Å². The molecule has 1 amide bonds. The lowest BCUT2D eigenvalue weighted by Gasteiger charge is -2.14. The average molecular weight is 257 g/mol. The van der Waals surface area contributed by atoms with Gasteiger partial charge in [0.2, 0.25) is 0 Å². The maximum Gasteiger partial charge on any atom is 0.251 e. The van der Waals surface area contributed by atoms with Crippen LogP contribution in [0.15, 0.2) is 47.1 Å². The molecule has 0 radical (unpaired) electrons. The van der Waals surface area contributed by atoms with Crippen LogP contribution in [-0.2, 0) is 6.54 Å². The largest absolute Gasteiger partial charge is 0.467 e. The zero-order chi connectivity index (χ0) is 13.7. The van der Waals surface area contributed by atoms with Crippen LogP contribution in [0.1, 0.15) is 47.9 Å². The Morgan fingerprint density at radius 2 is 2.05 bits per heavy atom. The summed E-state index contributed by atoms with van der Waals surface area (Å²) in [5.74, 6) is 1.09. The van der Waals surface area contributed by atoms with E-state index in [0.29, 0.717) is 12.5 Å². The van der Waals surface area contributed by atoms with Gasteiger partial charge >= 0.3 is 0 Å². The molecule has 0 aliphatic carbocycles. The summed E-state index contributed by atoms with van der Waals surface area (Å²) in [5.41, 5.74) is 1.85. The lowest BCUT2D eigenvalue weighted by atomic mass is 9.93. The Balaban J connectivity index is 2.10. The smallest absolute Gasteiger partial charge is 0.251 e. The molecule has 0 saturated carbocycles. The first kappa shape index (κ1) is 13.4. The molecule has 0 unspecified atom stereocenters. The second-order valence-electron chi connectivity index (χ2n) is 4.66. The summed E-state index contributed by atoms with van der Waals surface area (Å²) in [5, 5.41) is 2.89. The van der Waals surface area contributed by atoms with Crippen LogP contribution in [0, 0.1) is 0 Å². The molecule has 1 heterocycles. The highest BCUT2D eigenvalue weighted by molar-refractivity contribution is 5.95. The van der Waals surface area contributed by atoms with Crippen LogP contribution in [0.5, 0.6) is 0 Å². The van der Waals surface area contributed by atoms with Gasteiger partial charge in [0.05, 0.1) is 12.8 Å². The lowest BCUT2D eigenvalue weighted by Crippen LogP contribution is -2.24. The van der Waals surface area contributed by atoms with E-state index in [1.165, 1.54) is 0 Å². The number of amides is 1. The summed E-state index contributed by atoms with van der Waals surface area (Å²) in [4.78, 5) is 12.2. The third-order valence-corrected chi connectivity index (χ3v) is 3.35. The second-order valence-corrected chi connectivity index (χ2v) is 4.66. The van der Waals surface area contributed by atoms with Crippen LogP contribution in [-0.4, -0.2) is 5.91 Å². The van der Waals surface area contributed by atoms with Crippen molar-refractivity contribution in [2.75, 3.05) is 0 Å². The molecule has 1 aromatic carbocycles. The molecular weight excluding hydrogens is 238 g/mol. The monoisotopic (exact) mass is 257 g/mol. The minimum atomic E-state index is -0.0488. The topological polar surface area (TPSA) is 42.2 Å². The Kier molecular flexibility index (Phi) is 4.39. The van der Waals surface area contributed by atoms with Crippen molar-refractivity contribution >= 4 is 5.91 Å². The van der Waals surface area contributed by atoms with E-state index in [1.54, 1.807) is 6.26 Å². The van der Waals surface area contributed by atoms with E-state index in [1.807, 2.05) is 36.4 Å². The lowest BCUT2D eigenvalue weighted by molar-refractivity contribution is 0.0946. The van der Waals surface area contributed by atoms with Gasteiger partial charge in [0.1, 0.15) is 5.76 Å². The molecule has 0 saturated heterocycles. The van der Waals surface area contributed by atoms with Crippen LogP contribution in [0.2, 0.25) is 0 Å². The number of hydrogen-bond acceptors (Lipinski definition) is 2. The van der Waals surface area contributed by atoms with Gasteiger partial charge in [0.25, 0.3) is 5.91 Å². The Hall–Kier alpha value is -2.03. The number of carbonyl (C=O) groups excluding carboxylic acids is 1. The summed E-state index contributed by atoms with van der Waals surface area (Å²) in [6.07, 6.45) is 2.62. The zero-order valence-electron chi connectivity index (χ0n) is 11.3. The molecule has 0 fully saturated rings. The predicted octanol–water partition coefficient (Wildman–Crippen LogP) is 3.72. The van der Waals surface area contributed by atoms with Crippen molar-refractivity contribution < 1.29 is 9.21 Å². The number of carbonyl (C=O) groups is 1. The Bertz CT molecular complexity index is 531. The van der Waals surface area contributed by atoms with Gasteiger partial charge in [0, 0.05) is 5.56 Å². The highest BCUT2D eigenvalue weighted by atomic mass is 16.3.